The molecule has 0 heterocycles. The fraction of sp³-hybridized carbons (Fsp3) is 0. The molecular weight excluding hydrogens is 394 g/mol. The zero-order valence-electron chi connectivity index (χ0n) is 15.0. The number of nitrogens with two attached hydrogens (primary N) is 2. The molecule has 29 heavy (non-hydrogen) atoms. The topological polar surface area (TPSA) is 140 Å². The lowest BCUT2D eigenvalue weighted by atomic mass is 10.1. The molecular formula is C19H17N5O4S. The van der Waals surface area contributed by atoms with E-state index >= 15 is 0 Å². The molecule has 9 nitrogen and oxygen atoms in total. The Hall–Kier alpha value is -3.60. The molecule has 3 aromatic rings. The van der Waals surface area contributed by atoms with Gasteiger partial charge in [0.15, 0.2) is 0 Å². The van der Waals surface area contributed by atoms with Crippen molar-refractivity contribution in [1.29, 1.82) is 0 Å². The fourth-order valence-electron chi connectivity index (χ4n) is 2.66. The van der Waals surface area contributed by atoms with Crippen LogP contribution in [0.3, 0.4) is 0 Å². The van der Waals surface area contributed by atoms with Crippen molar-refractivity contribution in [1.82, 2.24) is 0 Å². The SMILES string of the molecule is NON=NC(=O)/C=C/c1ccc(N(N)S(=O)(=O)c2cccc3ccccc23)cc1. The third-order valence-corrected chi connectivity index (χ3v) is 5.68. The summed E-state index contributed by atoms with van der Waals surface area (Å²) in [5.74, 6) is 9.91. The average molecular weight is 411 g/mol. The van der Waals surface area contributed by atoms with E-state index in [-0.39, 0.29) is 10.6 Å². The minimum Gasteiger partial charge on any atom is -0.282 e. The maximum Gasteiger partial charge on any atom is 0.291 e. The molecule has 1 amide bonds. The van der Waals surface area contributed by atoms with Crippen LogP contribution < -0.4 is 16.2 Å². The Labute approximate surface area is 166 Å². The van der Waals surface area contributed by atoms with E-state index in [1.54, 1.807) is 30.3 Å². The van der Waals surface area contributed by atoms with Gasteiger partial charge in [-0.15, -0.1) is 5.90 Å². The quantitative estimate of drug-likeness (QED) is 0.276. The monoisotopic (exact) mass is 411 g/mol. The van der Waals surface area contributed by atoms with Crippen molar-refractivity contribution >= 4 is 38.5 Å². The number of hydrogen-bond acceptors (Lipinski definition) is 7. The van der Waals surface area contributed by atoms with Gasteiger partial charge in [0.05, 0.1) is 15.9 Å². The van der Waals surface area contributed by atoms with E-state index in [4.69, 9.17) is 5.84 Å². The summed E-state index contributed by atoms with van der Waals surface area (Å²) >= 11 is 0. The molecule has 0 fully saturated rings. The summed E-state index contributed by atoms with van der Waals surface area (Å²) in [5, 5.41) is 7.43. The molecule has 0 aliphatic carbocycles. The first-order chi connectivity index (χ1) is 13.9. The van der Waals surface area contributed by atoms with Gasteiger partial charge >= 0.3 is 0 Å². The van der Waals surface area contributed by atoms with Gasteiger partial charge in [0.2, 0.25) is 0 Å². The number of carbonyl (C=O) groups is 1. The fourth-order valence-corrected chi connectivity index (χ4v) is 3.99. The molecule has 0 spiro atoms. The van der Waals surface area contributed by atoms with Crippen LogP contribution in [0.1, 0.15) is 5.56 Å². The van der Waals surface area contributed by atoms with E-state index in [9.17, 15) is 13.2 Å². The Kier molecular flexibility index (Phi) is 5.98. The average Bonchev–Trinajstić information content (AvgIpc) is 2.75. The summed E-state index contributed by atoms with van der Waals surface area (Å²) in [6.07, 6.45) is 2.63. The molecule has 0 saturated carbocycles. The number of hydrazine groups is 1. The van der Waals surface area contributed by atoms with Gasteiger partial charge in [-0.3, -0.25) is 9.73 Å². The van der Waals surface area contributed by atoms with E-state index in [0.717, 1.165) is 15.9 Å². The van der Waals surface area contributed by atoms with Gasteiger partial charge in [0.1, 0.15) is 0 Å². The van der Waals surface area contributed by atoms with Crippen LogP contribution in [0.2, 0.25) is 0 Å². The van der Waals surface area contributed by atoms with E-state index in [0.29, 0.717) is 10.9 Å². The summed E-state index contributed by atoms with van der Waals surface area (Å²) in [7, 11) is -3.98. The van der Waals surface area contributed by atoms with Gasteiger partial charge in [-0.1, -0.05) is 53.6 Å². The first kappa shape index (κ1) is 20.1. The Morgan fingerprint density at radius 1 is 1.00 bits per heavy atom. The number of fused-ring (bicyclic) bond motifs is 1. The van der Waals surface area contributed by atoms with Crippen molar-refractivity contribution in [2.75, 3.05) is 4.41 Å². The van der Waals surface area contributed by atoms with E-state index in [1.165, 1.54) is 24.3 Å². The minimum atomic E-state index is -3.98. The number of amides is 1. The molecule has 3 rings (SSSR count). The van der Waals surface area contributed by atoms with Crippen LogP contribution in [0.5, 0.6) is 0 Å². The summed E-state index contributed by atoms with van der Waals surface area (Å²) in [5.41, 5.74) is 0.888. The van der Waals surface area contributed by atoms with Crippen LogP contribution in [0, 0.1) is 0 Å². The zero-order chi connectivity index (χ0) is 20.9. The predicted molar refractivity (Wildman–Crippen MR) is 108 cm³/mol. The number of nitrogens with zero attached hydrogens (tertiary/aromatic N) is 3. The second kappa shape index (κ2) is 8.61. The lowest BCUT2D eigenvalue weighted by Crippen LogP contribution is -2.37. The molecule has 0 saturated heterocycles. The van der Waals surface area contributed by atoms with Crippen molar-refractivity contribution in [2.24, 2.45) is 22.1 Å². The highest BCUT2D eigenvalue weighted by Gasteiger charge is 2.24. The van der Waals surface area contributed by atoms with E-state index in [1.807, 2.05) is 18.2 Å². The van der Waals surface area contributed by atoms with Crippen LogP contribution in [-0.4, -0.2) is 14.3 Å². The molecule has 3 aromatic carbocycles. The van der Waals surface area contributed by atoms with Gasteiger partial charge in [-0.25, -0.2) is 10.3 Å². The maximum absolute atomic E-state index is 13.0. The Bertz CT molecular complexity index is 1190. The first-order valence-electron chi connectivity index (χ1n) is 8.30. The molecule has 0 bridgehead atoms. The molecule has 0 unspecified atom stereocenters. The third kappa shape index (κ3) is 4.46. The van der Waals surface area contributed by atoms with Gasteiger partial charge in [0, 0.05) is 11.5 Å². The minimum absolute atomic E-state index is 0.111. The van der Waals surface area contributed by atoms with E-state index in [2.05, 4.69) is 21.2 Å². The summed E-state index contributed by atoms with van der Waals surface area (Å²) in [6, 6.07) is 18.4. The normalized spacial score (nSPS) is 11.9. The van der Waals surface area contributed by atoms with Crippen LogP contribution >= 0.6 is 0 Å². The second-order valence-electron chi connectivity index (χ2n) is 5.83. The second-order valence-corrected chi connectivity index (χ2v) is 7.61. The van der Waals surface area contributed by atoms with E-state index < -0.39 is 15.9 Å². The van der Waals surface area contributed by atoms with Crippen molar-refractivity contribution in [2.45, 2.75) is 4.90 Å². The standard InChI is InChI=1S/C19H17N5O4S/c20-24(16-11-8-14(9-12-16)10-13-19(25)22-23-28-21)29(26,27)18-7-3-5-15-4-1-2-6-17(15)18/h1-13H,20-21H2/b13-10+,23-22?. The van der Waals surface area contributed by atoms with Crippen molar-refractivity contribution in [3.05, 3.63) is 78.4 Å². The zero-order valence-corrected chi connectivity index (χ0v) is 15.9. The number of carbonyl (C=O) groups excluding carboxylic acids is 1. The summed E-state index contributed by atoms with van der Waals surface area (Å²) < 4.78 is 26.8. The molecule has 10 heteroatoms. The van der Waals surface area contributed by atoms with Gasteiger partial charge in [-0.2, -0.15) is 8.42 Å². The molecule has 0 aliphatic heterocycles. The highest BCUT2D eigenvalue weighted by molar-refractivity contribution is 7.93. The number of benzene rings is 3. The predicted octanol–water partition coefficient (Wildman–Crippen LogP) is 2.71. The highest BCUT2D eigenvalue weighted by atomic mass is 32.2. The Balaban J connectivity index is 1.86. The first-order valence-corrected chi connectivity index (χ1v) is 9.74. The molecule has 148 valence electrons. The lowest BCUT2D eigenvalue weighted by Gasteiger charge is -2.20. The smallest absolute Gasteiger partial charge is 0.282 e. The lowest BCUT2D eigenvalue weighted by molar-refractivity contribution is -0.114. The van der Waals surface area contributed by atoms with Gasteiger partial charge in [0.25, 0.3) is 15.9 Å². The molecule has 0 atom stereocenters. The van der Waals surface area contributed by atoms with Crippen LogP contribution in [0.15, 0.2) is 88.1 Å². The van der Waals surface area contributed by atoms with Crippen molar-refractivity contribution < 1.29 is 18.2 Å². The molecule has 4 N–H and O–H groups in total. The number of anilines is 1. The van der Waals surface area contributed by atoms with Crippen LogP contribution in [-0.2, 0) is 19.8 Å². The summed E-state index contributed by atoms with van der Waals surface area (Å²) in [6.45, 7) is 0. The van der Waals surface area contributed by atoms with Gasteiger partial charge < -0.3 is 0 Å². The maximum atomic E-state index is 13.0. The highest BCUT2D eigenvalue weighted by Crippen LogP contribution is 2.27. The van der Waals surface area contributed by atoms with Crippen molar-refractivity contribution in [3.8, 4) is 0 Å². The van der Waals surface area contributed by atoms with Crippen LogP contribution in [0.4, 0.5) is 5.69 Å². The Morgan fingerprint density at radius 3 is 2.41 bits per heavy atom. The van der Waals surface area contributed by atoms with Crippen molar-refractivity contribution in [3.63, 3.8) is 0 Å². The third-order valence-electron chi connectivity index (χ3n) is 4.04. The number of rotatable bonds is 6. The summed E-state index contributed by atoms with van der Waals surface area (Å²) in [4.78, 5) is 15.3. The molecule has 0 aromatic heterocycles. The Morgan fingerprint density at radius 2 is 1.69 bits per heavy atom. The van der Waals surface area contributed by atoms with Gasteiger partial charge in [-0.05, 0) is 35.2 Å². The largest absolute Gasteiger partial charge is 0.291 e. The molecule has 0 radical (unpaired) electrons. The molecule has 0 aliphatic rings. The number of sulfonamides is 1. The van der Waals surface area contributed by atoms with Crippen LogP contribution in [0.25, 0.3) is 16.8 Å². The number of hydrogen-bond donors (Lipinski definition) is 2.